The Morgan fingerprint density at radius 3 is 2.44 bits per heavy atom. The van der Waals surface area contributed by atoms with Crippen LogP contribution in [0.3, 0.4) is 0 Å². The molecule has 0 amide bonds. The lowest BCUT2D eigenvalue weighted by Crippen LogP contribution is -2.42. The highest BCUT2D eigenvalue weighted by Crippen LogP contribution is 2.46. The predicted octanol–water partition coefficient (Wildman–Crippen LogP) is 4.07. The summed E-state index contributed by atoms with van der Waals surface area (Å²) in [5.41, 5.74) is 1.49. The first-order valence-electron chi connectivity index (χ1n) is 7.09. The third-order valence-corrected chi connectivity index (χ3v) is 4.93. The summed E-state index contributed by atoms with van der Waals surface area (Å²) in [6.45, 7) is 12.4. The van der Waals surface area contributed by atoms with Gasteiger partial charge in [0.1, 0.15) is 5.01 Å². The van der Waals surface area contributed by atoms with Crippen molar-refractivity contribution < 1.29 is 0 Å². The smallest absolute Gasteiger partial charge is 0.113 e. The van der Waals surface area contributed by atoms with Crippen molar-refractivity contribution in [2.45, 2.75) is 64.8 Å². The van der Waals surface area contributed by atoms with Crippen LogP contribution in [0.2, 0.25) is 0 Å². The van der Waals surface area contributed by atoms with Crippen molar-refractivity contribution in [2.24, 2.45) is 5.92 Å². The Balaban J connectivity index is 2.23. The third kappa shape index (κ3) is 2.77. The quantitative estimate of drug-likeness (QED) is 0.869. The largest absolute Gasteiger partial charge is 0.305 e. The van der Waals surface area contributed by atoms with Gasteiger partial charge in [-0.3, -0.25) is 0 Å². The number of aromatic nitrogens is 1. The van der Waals surface area contributed by atoms with Crippen molar-refractivity contribution in [3.63, 3.8) is 0 Å². The van der Waals surface area contributed by atoms with Gasteiger partial charge in [-0.25, -0.2) is 4.98 Å². The molecule has 1 fully saturated rings. The van der Waals surface area contributed by atoms with Crippen LogP contribution in [0.15, 0.2) is 5.38 Å². The molecule has 1 saturated carbocycles. The second-order valence-electron chi connectivity index (χ2n) is 6.69. The number of thiazole rings is 1. The van der Waals surface area contributed by atoms with E-state index in [1.54, 1.807) is 0 Å². The normalized spacial score (nSPS) is 19.8. The van der Waals surface area contributed by atoms with Crippen LogP contribution in [0.5, 0.6) is 0 Å². The van der Waals surface area contributed by atoms with Crippen molar-refractivity contribution in [2.75, 3.05) is 6.54 Å². The summed E-state index contributed by atoms with van der Waals surface area (Å²) in [6, 6.07) is 0. The molecule has 1 aromatic rings. The number of nitrogens with one attached hydrogen (secondary N) is 1. The molecular weight excluding hydrogens is 240 g/mol. The Morgan fingerprint density at radius 2 is 2.00 bits per heavy atom. The van der Waals surface area contributed by atoms with Crippen LogP contribution in [0.1, 0.15) is 64.6 Å². The molecule has 2 nitrogen and oxygen atoms in total. The molecule has 0 radical (unpaired) electrons. The topological polar surface area (TPSA) is 24.9 Å². The van der Waals surface area contributed by atoms with E-state index in [0.29, 0.717) is 0 Å². The standard InChI is InChI=1S/C15H26N2S/c1-6-9-16-15(5,11-7-8-11)13-17-12(10-18-13)14(2,3)4/h10-11,16H,6-9H2,1-5H3. The van der Waals surface area contributed by atoms with Gasteiger partial charge in [0, 0.05) is 10.8 Å². The van der Waals surface area contributed by atoms with E-state index in [2.05, 4.69) is 45.3 Å². The molecule has 0 spiro atoms. The minimum absolute atomic E-state index is 0.101. The summed E-state index contributed by atoms with van der Waals surface area (Å²) >= 11 is 1.83. The number of hydrogen-bond acceptors (Lipinski definition) is 3. The second-order valence-corrected chi connectivity index (χ2v) is 7.55. The van der Waals surface area contributed by atoms with E-state index in [1.807, 2.05) is 11.3 Å². The number of nitrogens with zero attached hydrogens (tertiary/aromatic N) is 1. The molecular formula is C15H26N2S. The molecule has 102 valence electrons. The zero-order valence-corrected chi connectivity index (χ0v) is 13.2. The van der Waals surface area contributed by atoms with Gasteiger partial charge < -0.3 is 5.32 Å². The molecule has 0 bridgehead atoms. The number of hydrogen-bond donors (Lipinski definition) is 1. The highest BCUT2D eigenvalue weighted by Gasteiger charge is 2.44. The Hall–Kier alpha value is -0.410. The van der Waals surface area contributed by atoms with Crippen LogP contribution >= 0.6 is 11.3 Å². The van der Waals surface area contributed by atoms with Crippen molar-refractivity contribution in [3.8, 4) is 0 Å². The van der Waals surface area contributed by atoms with Crippen LogP contribution in [-0.2, 0) is 11.0 Å². The fourth-order valence-electron chi connectivity index (χ4n) is 2.30. The average molecular weight is 266 g/mol. The van der Waals surface area contributed by atoms with E-state index in [0.717, 1.165) is 12.5 Å². The Bertz CT molecular complexity index is 401. The van der Waals surface area contributed by atoms with Crippen LogP contribution in [0.4, 0.5) is 0 Å². The Labute approximate surface area is 115 Å². The lowest BCUT2D eigenvalue weighted by atomic mass is 9.92. The molecule has 2 rings (SSSR count). The molecule has 0 saturated heterocycles. The molecule has 1 aromatic heterocycles. The predicted molar refractivity (Wildman–Crippen MR) is 79.2 cm³/mol. The van der Waals surface area contributed by atoms with Gasteiger partial charge in [0.15, 0.2) is 0 Å². The molecule has 0 aliphatic heterocycles. The zero-order valence-electron chi connectivity index (χ0n) is 12.3. The van der Waals surface area contributed by atoms with Gasteiger partial charge in [0.25, 0.3) is 0 Å². The SMILES string of the molecule is CCCNC(C)(c1nc(C(C)(C)C)cs1)C1CC1. The first-order chi connectivity index (χ1) is 8.38. The lowest BCUT2D eigenvalue weighted by Gasteiger charge is -2.29. The van der Waals surface area contributed by atoms with E-state index in [9.17, 15) is 0 Å². The molecule has 1 atom stereocenters. The van der Waals surface area contributed by atoms with Crippen molar-refractivity contribution >= 4 is 11.3 Å². The average Bonchev–Trinajstić information content (AvgIpc) is 3.01. The molecule has 18 heavy (non-hydrogen) atoms. The molecule has 1 aliphatic rings. The van der Waals surface area contributed by atoms with E-state index in [4.69, 9.17) is 4.98 Å². The first kappa shape index (κ1) is 14.0. The highest BCUT2D eigenvalue weighted by molar-refractivity contribution is 7.09. The molecule has 1 aliphatic carbocycles. The van der Waals surface area contributed by atoms with Crippen LogP contribution < -0.4 is 5.32 Å². The molecule has 1 unspecified atom stereocenters. The van der Waals surface area contributed by atoms with E-state index >= 15 is 0 Å². The van der Waals surface area contributed by atoms with Crippen LogP contribution in [-0.4, -0.2) is 11.5 Å². The maximum atomic E-state index is 4.92. The molecule has 1 heterocycles. The molecule has 1 N–H and O–H groups in total. The summed E-state index contributed by atoms with van der Waals surface area (Å²) in [7, 11) is 0. The van der Waals surface area contributed by atoms with Crippen molar-refractivity contribution in [3.05, 3.63) is 16.1 Å². The fourth-order valence-corrected chi connectivity index (χ4v) is 3.56. The maximum absolute atomic E-state index is 4.92. The summed E-state index contributed by atoms with van der Waals surface area (Å²) in [5, 5.41) is 7.26. The minimum atomic E-state index is 0.101. The Kier molecular flexibility index (Phi) is 3.84. The lowest BCUT2D eigenvalue weighted by molar-refractivity contribution is 0.316. The third-order valence-electron chi connectivity index (χ3n) is 3.85. The zero-order chi connectivity index (χ0) is 13.4. The van der Waals surface area contributed by atoms with Gasteiger partial charge in [0.2, 0.25) is 0 Å². The van der Waals surface area contributed by atoms with Crippen LogP contribution in [0, 0.1) is 5.92 Å². The second kappa shape index (κ2) is 4.93. The molecule has 0 aromatic carbocycles. The number of rotatable bonds is 5. The summed E-state index contributed by atoms with van der Waals surface area (Å²) < 4.78 is 0. The maximum Gasteiger partial charge on any atom is 0.113 e. The monoisotopic (exact) mass is 266 g/mol. The van der Waals surface area contributed by atoms with Crippen molar-refractivity contribution in [1.29, 1.82) is 0 Å². The van der Waals surface area contributed by atoms with Gasteiger partial charge >= 0.3 is 0 Å². The van der Waals surface area contributed by atoms with Gasteiger partial charge in [-0.2, -0.15) is 0 Å². The van der Waals surface area contributed by atoms with E-state index in [1.165, 1.54) is 30.0 Å². The first-order valence-corrected chi connectivity index (χ1v) is 7.97. The van der Waals surface area contributed by atoms with Crippen LogP contribution in [0.25, 0.3) is 0 Å². The van der Waals surface area contributed by atoms with Crippen molar-refractivity contribution in [1.82, 2.24) is 10.3 Å². The van der Waals surface area contributed by atoms with E-state index < -0.39 is 0 Å². The summed E-state index contributed by atoms with van der Waals surface area (Å²) in [6.07, 6.45) is 3.87. The highest BCUT2D eigenvalue weighted by atomic mass is 32.1. The Morgan fingerprint density at radius 1 is 1.33 bits per heavy atom. The summed E-state index contributed by atoms with van der Waals surface area (Å²) in [5.74, 6) is 0.781. The van der Waals surface area contributed by atoms with Gasteiger partial charge in [0.05, 0.1) is 11.2 Å². The fraction of sp³-hybridized carbons (Fsp3) is 0.800. The van der Waals surface area contributed by atoms with Gasteiger partial charge in [-0.1, -0.05) is 27.7 Å². The molecule has 3 heteroatoms. The minimum Gasteiger partial charge on any atom is -0.305 e. The van der Waals surface area contributed by atoms with E-state index in [-0.39, 0.29) is 11.0 Å². The summed E-state index contributed by atoms with van der Waals surface area (Å²) in [4.78, 5) is 4.92. The van der Waals surface area contributed by atoms with Gasteiger partial charge in [-0.15, -0.1) is 11.3 Å². The van der Waals surface area contributed by atoms with Gasteiger partial charge in [-0.05, 0) is 38.6 Å².